The third-order valence-electron chi connectivity index (χ3n) is 13.9. The monoisotopic (exact) mass is 678 g/mol. The van der Waals surface area contributed by atoms with Crippen molar-refractivity contribution in [3.8, 4) is 0 Å². The fourth-order valence-electron chi connectivity index (χ4n) is 9.33. The van der Waals surface area contributed by atoms with Gasteiger partial charge in [0.1, 0.15) is 0 Å². The quantitative estimate of drug-likeness (QED) is 0.294. The molecule has 2 saturated carbocycles. The van der Waals surface area contributed by atoms with E-state index in [1.807, 2.05) is 6.56 Å². The topological polar surface area (TPSA) is 0 Å². The minimum absolute atomic E-state index is 0. The molecule has 0 N–H and O–H groups in total. The summed E-state index contributed by atoms with van der Waals surface area (Å²) in [7, 11) is 0. The zero-order chi connectivity index (χ0) is 29.1. The summed E-state index contributed by atoms with van der Waals surface area (Å²) in [5.41, 5.74) is 5.85. The molecule has 0 aromatic heterocycles. The van der Waals surface area contributed by atoms with Crippen LogP contribution in [0.25, 0.3) is 0 Å². The van der Waals surface area contributed by atoms with Gasteiger partial charge in [-0.05, 0) is 0 Å². The maximum atomic E-state index is 2.65. The summed E-state index contributed by atoms with van der Waals surface area (Å²) in [6.45, 7) is 30.6. The first-order valence-electron chi connectivity index (χ1n) is 16.5. The maximum absolute atomic E-state index is 2.65. The van der Waals surface area contributed by atoms with Crippen LogP contribution >= 0.6 is 0 Å². The molecule has 0 amide bonds. The molecule has 0 aromatic carbocycles. The molecule has 4 rings (SSSR count). The van der Waals surface area contributed by atoms with Crippen LogP contribution in [-0.2, 0) is 23.2 Å². The normalized spacial score (nSPS) is 34.3. The van der Waals surface area contributed by atoms with E-state index in [0.29, 0.717) is 44.3 Å². The Labute approximate surface area is 279 Å². The first-order valence-corrected chi connectivity index (χ1v) is 18.9. The van der Waals surface area contributed by atoms with Crippen LogP contribution in [0.15, 0.2) is 42.0 Å². The molecular formula is C38H62Cl2Zr. The van der Waals surface area contributed by atoms with Gasteiger partial charge in [0, 0.05) is 0 Å². The fourth-order valence-corrected chi connectivity index (χ4v) is 13.9. The zero-order valence-corrected chi connectivity index (χ0v) is 32.8. The van der Waals surface area contributed by atoms with Crippen LogP contribution in [0.1, 0.15) is 147 Å². The Hall–Kier alpha value is 0.423. The molecule has 3 heteroatoms. The summed E-state index contributed by atoms with van der Waals surface area (Å²) in [6.07, 6.45) is 23.8. The molecule has 0 aliphatic heterocycles. The molecule has 0 bridgehead atoms. The Bertz CT molecular complexity index is 988. The first kappa shape index (κ1) is 37.6. The Morgan fingerprint density at radius 2 is 0.951 bits per heavy atom. The molecule has 41 heavy (non-hydrogen) atoms. The van der Waals surface area contributed by atoms with Gasteiger partial charge in [0.15, 0.2) is 0 Å². The Morgan fingerprint density at radius 3 is 1.27 bits per heavy atom. The predicted molar refractivity (Wildman–Crippen MR) is 168 cm³/mol. The molecule has 0 nitrogen and oxygen atoms in total. The van der Waals surface area contributed by atoms with Crippen molar-refractivity contribution in [1.29, 1.82) is 0 Å². The van der Waals surface area contributed by atoms with Gasteiger partial charge in [-0.2, -0.15) is 0 Å². The largest absolute Gasteiger partial charge is 1.00 e. The van der Waals surface area contributed by atoms with Crippen molar-refractivity contribution < 1.29 is 48.0 Å². The average Bonchev–Trinajstić information content (AvgIpc) is 3.49. The summed E-state index contributed by atoms with van der Waals surface area (Å²) in [5, 5.41) is 0. The van der Waals surface area contributed by atoms with Gasteiger partial charge in [0.25, 0.3) is 0 Å². The summed E-state index contributed by atoms with van der Waals surface area (Å²) in [5.74, 6) is 1.43. The molecule has 0 aromatic rings. The van der Waals surface area contributed by atoms with Crippen molar-refractivity contribution in [3.05, 3.63) is 42.0 Å². The molecule has 4 aliphatic rings. The third kappa shape index (κ3) is 6.69. The van der Waals surface area contributed by atoms with Crippen LogP contribution in [0.2, 0.25) is 0 Å². The number of hydrogen-bond acceptors (Lipinski definition) is 0. The summed E-state index contributed by atoms with van der Waals surface area (Å²) < 4.78 is 3.82. The third-order valence-corrected chi connectivity index (χ3v) is 17.7. The second-order valence-electron chi connectivity index (χ2n) is 17.2. The molecule has 232 valence electrons. The second-order valence-corrected chi connectivity index (χ2v) is 20.8. The van der Waals surface area contributed by atoms with E-state index in [9.17, 15) is 0 Å². The van der Waals surface area contributed by atoms with E-state index in [1.54, 1.807) is 11.1 Å². The Kier molecular flexibility index (Phi) is 12.0. The number of allylic oxidation sites excluding steroid dienone is 8. The van der Waals surface area contributed by atoms with Crippen LogP contribution < -0.4 is 24.8 Å². The van der Waals surface area contributed by atoms with Crippen LogP contribution in [0.3, 0.4) is 0 Å². The van der Waals surface area contributed by atoms with Gasteiger partial charge in [-0.15, -0.1) is 0 Å². The van der Waals surface area contributed by atoms with E-state index in [4.69, 9.17) is 0 Å². The van der Waals surface area contributed by atoms with E-state index in [2.05, 4.69) is 107 Å². The number of rotatable bonds is 8. The van der Waals surface area contributed by atoms with Crippen molar-refractivity contribution >= 4 is 0 Å². The molecule has 4 unspecified atom stereocenters. The van der Waals surface area contributed by atoms with Gasteiger partial charge in [0.05, 0.1) is 0 Å². The van der Waals surface area contributed by atoms with Crippen molar-refractivity contribution in [2.24, 2.45) is 44.3 Å². The van der Waals surface area contributed by atoms with E-state index in [0.717, 1.165) is 0 Å². The molecule has 0 spiro atoms. The molecular weight excluding hydrogens is 619 g/mol. The van der Waals surface area contributed by atoms with Crippen LogP contribution in [0.4, 0.5) is 0 Å². The Balaban J connectivity index is 0.00000294. The van der Waals surface area contributed by atoms with E-state index in [1.165, 1.54) is 64.2 Å². The summed E-state index contributed by atoms with van der Waals surface area (Å²) in [6, 6.07) is 0. The van der Waals surface area contributed by atoms with Gasteiger partial charge in [-0.1, -0.05) is 0 Å². The van der Waals surface area contributed by atoms with Gasteiger partial charge in [-0.3, -0.25) is 0 Å². The minimum atomic E-state index is -0.798. The summed E-state index contributed by atoms with van der Waals surface area (Å²) in [4.78, 5) is 0. The van der Waals surface area contributed by atoms with Crippen molar-refractivity contribution in [1.82, 2.24) is 0 Å². The van der Waals surface area contributed by atoms with Crippen molar-refractivity contribution in [2.75, 3.05) is 0 Å². The summed E-state index contributed by atoms with van der Waals surface area (Å²) >= 11 is -0.798. The van der Waals surface area contributed by atoms with Crippen molar-refractivity contribution in [3.63, 3.8) is 0 Å². The van der Waals surface area contributed by atoms with Gasteiger partial charge < -0.3 is 24.8 Å². The fraction of sp³-hybridized carbons (Fsp3) is 0.789. The number of halogens is 2. The minimum Gasteiger partial charge on any atom is -1.00 e. The van der Waals surface area contributed by atoms with Crippen molar-refractivity contribution in [2.45, 2.75) is 147 Å². The standard InChI is InChI=1S/2C19H31.2ClH.Zr/c2*1-15(2)17(3,4)19(6)13-9-12-18(5,14-19)16-10-7-8-11-16;;;/h2*7,10,15H,8-9,12-14H2,1-6H3;2*1H;/q;;;;+2/p-2. The molecule has 0 radical (unpaired) electrons. The van der Waals surface area contributed by atoms with Crippen LogP contribution in [-0.4, -0.2) is 0 Å². The van der Waals surface area contributed by atoms with E-state index in [-0.39, 0.29) is 24.8 Å². The van der Waals surface area contributed by atoms with Crippen LogP contribution in [0, 0.1) is 44.3 Å². The molecule has 2 fully saturated rings. The van der Waals surface area contributed by atoms with Gasteiger partial charge in [0.2, 0.25) is 0 Å². The molecule has 4 atom stereocenters. The predicted octanol–water partition coefficient (Wildman–Crippen LogP) is 6.04. The van der Waals surface area contributed by atoms with Gasteiger partial charge in [-0.25, -0.2) is 0 Å². The molecule has 0 saturated heterocycles. The molecule has 4 aliphatic carbocycles. The molecule has 0 heterocycles. The average molecular weight is 681 g/mol. The first-order chi connectivity index (χ1) is 17.9. The van der Waals surface area contributed by atoms with Crippen LogP contribution in [0.5, 0.6) is 0 Å². The zero-order valence-electron chi connectivity index (χ0n) is 28.8. The van der Waals surface area contributed by atoms with E-state index >= 15 is 0 Å². The smallest absolute Gasteiger partial charge is 1.00 e. The van der Waals surface area contributed by atoms with Gasteiger partial charge >= 0.3 is 257 Å². The maximum Gasteiger partial charge on any atom is -1.00 e. The second kappa shape index (κ2) is 13.0. The van der Waals surface area contributed by atoms with E-state index < -0.39 is 23.2 Å². The number of hydrogen-bond donors (Lipinski definition) is 0. The Morgan fingerprint density at radius 1 is 0.610 bits per heavy atom. The SMILES string of the molecule is CC(C)C(C)(C)C1(C)CCCC(C)(C2=[C]([Zr+2][C]3=C(C4(C)CCCC(C)(C(C)(C)C(C)C)C4)C=CC3)CC=C2)C1.[Cl-].[Cl-].